The topological polar surface area (TPSA) is 98.0 Å². The molecule has 1 aromatic heterocycles. The molecule has 0 atom stereocenters. The van der Waals surface area contributed by atoms with Crippen molar-refractivity contribution in [3.63, 3.8) is 0 Å². The fourth-order valence-corrected chi connectivity index (χ4v) is 4.80. The van der Waals surface area contributed by atoms with E-state index in [0.29, 0.717) is 25.0 Å². The first-order chi connectivity index (χ1) is 16.6. The molecule has 2 bridgehead atoms. The van der Waals surface area contributed by atoms with Crippen molar-refractivity contribution in [1.29, 1.82) is 0 Å². The zero-order chi connectivity index (χ0) is 23.1. The minimum absolute atomic E-state index is 0.0887. The molecule has 7 rings (SSSR count). The van der Waals surface area contributed by atoms with Crippen LogP contribution in [0.4, 0.5) is 6.01 Å². The van der Waals surface area contributed by atoms with Gasteiger partial charge in [0.15, 0.2) is 0 Å². The average Bonchev–Trinajstić information content (AvgIpc) is 3.19. The van der Waals surface area contributed by atoms with E-state index >= 15 is 0 Å². The molecular weight excluding hydrogens is 436 g/mol. The number of hydrogen-bond donors (Lipinski definition) is 0. The first-order valence-electron chi connectivity index (χ1n) is 11.2. The van der Waals surface area contributed by atoms with Gasteiger partial charge in [-0.15, -0.1) is 5.10 Å². The maximum Gasteiger partial charge on any atom is 0.339 e. The van der Waals surface area contributed by atoms with Crippen molar-refractivity contribution in [3.05, 3.63) is 66.7 Å². The van der Waals surface area contributed by atoms with Crippen LogP contribution < -0.4 is 4.90 Å². The summed E-state index contributed by atoms with van der Waals surface area (Å²) in [5.74, 6) is -2.39. The van der Waals surface area contributed by atoms with Crippen LogP contribution in [0.5, 0.6) is 0 Å². The van der Waals surface area contributed by atoms with Gasteiger partial charge < -0.3 is 18.8 Å². The molecule has 3 saturated heterocycles. The lowest BCUT2D eigenvalue weighted by molar-refractivity contribution is -0.274. The number of fused-ring (bicyclic) bond motifs is 3. The highest BCUT2D eigenvalue weighted by Gasteiger charge is 2.53. The van der Waals surface area contributed by atoms with E-state index in [1.807, 2.05) is 52.3 Å². The Kier molecular flexibility index (Phi) is 4.91. The van der Waals surface area contributed by atoms with Crippen molar-refractivity contribution in [3.8, 4) is 22.6 Å². The molecule has 0 N–H and O–H groups in total. The standard InChI is InChI=1S/C25H22N4O5/c30-21-10-11-22(31)34-25(33-21)16-29(20-12-14-28(25)15-13-20)24-27-26-23(32-24)19-8-6-18(7-9-19)17-4-2-1-3-5-17/h1-11,20H,12-16H2. The van der Waals surface area contributed by atoms with Gasteiger partial charge in [-0.2, -0.15) is 0 Å². The zero-order valence-electron chi connectivity index (χ0n) is 18.3. The van der Waals surface area contributed by atoms with E-state index in [1.54, 1.807) is 0 Å². The Bertz CT molecular complexity index is 1230. The molecule has 3 aromatic rings. The van der Waals surface area contributed by atoms with Crippen LogP contribution in [-0.2, 0) is 19.1 Å². The third-order valence-electron chi connectivity index (χ3n) is 6.53. The minimum atomic E-state index is -1.53. The molecule has 1 spiro atoms. The number of anilines is 1. The lowest BCUT2D eigenvalue weighted by atomic mass is 10.0. The highest BCUT2D eigenvalue weighted by atomic mass is 16.8. The van der Waals surface area contributed by atoms with Crippen LogP contribution in [0, 0.1) is 0 Å². The molecule has 4 aliphatic rings. The highest BCUT2D eigenvalue weighted by molar-refractivity contribution is 5.93. The van der Waals surface area contributed by atoms with Crippen LogP contribution in [0.1, 0.15) is 12.8 Å². The average molecular weight is 458 g/mol. The van der Waals surface area contributed by atoms with E-state index in [4.69, 9.17) is 13.9 Å². The summed E-state index contributed by atoms with van der Waals surface area (Å²) in [6.07, 6.45) is 3.75. The molecule has 9 nitrogen and oxygen atoms in total. The van der Waals surface area contributed by atoms with Gasteiger partial charge in [-0.05, 0) is 36.1 Å². The van der Waals surface area contributed by atoms with E-state index < -0.39 is 17.8 Å². The fraction of sp³-hybridized carbons (Fsp3) is 0.280. The van der Waals surface area contributed by atoms with Gasteiger partial charge in [-0.1, -0.05) is 47.6 Å². The van der Waals surface area contributed by atoms with E-state index in [2.05, 4.69) is 22.3 Å². The van der Waals surface area contributed by atoms with Crippen LogP contribution in [-0.4, -0.2) is 58.6 Å². The summed E-state index contributed by atoms with van der Waals surface area (Å²) >= 11 is 0. The minimum Gasteiger partial charge on any atom is -0.403 e. The predicted octanol–water partition coefficient (Wildman–Crippen LogP) is 3.00. The van der Waals surface area contributed by atoms with Crippen molar-refractivity contribution in [1.82, 2.24) is 15.1 Å². The van der Waals surface area contributed by atoms with Gasteiger partial charge in [-0.25, -0.2) is 14.5 Å². The quantitative estimate of drug-likeness (QED) is 0.549. The Morgan fingerprint density at radius 1 is 0.794 bits per heavy atom. The molecule has 9 heteroatoms. The maximum atomic E-state index is 12.2. The molecule has 172 valence electrons. The molecule has 5 heterocycles. The normalized spacial score (nSPS) is 23.4. The summed E-state index contributed by atoms with van der Waals surface area (Å²) < 4.78 is 17.4. The molecule has 0 radical (unpaired) electrons. The van der Waals surface area contributed by atoms with E-state index in [1.165, 1.54) is 0 Å². The number of ether oxygens (including phenoxy) is 2. The van der Waals surface area contributed by atoms with Crippen molar-refractivity contribution >= 4 is 18.0 Å². The van der Waals surface area contributed by atoms with E-state index in [-0.39, 0.29) is 12.6 Å². The van der Waals surface area contributed by atoms with Crippen molar-refractivity contribution < 1.29 is 23.5 Å². The van der Waals surface area contributed by atoms with Crippen LogP contribution in [0.15, 0.2) is 71.2 Å². The highest BCUT2D eigenvalue weighted by Crippen LogP contribution is 2.37. The molecule has 3 fully saturated rings. The Hall–Kier alpha value is -3.98. The van der Waals surface area contributed by atoms with E-state index in [9.17, 15) is 9.59 Å². The molecule has 0 amide bonds. The van der Waals surface area contributed by atoms with Gasteiger partial charge in [0.1, 0.15) is 6.54 Å². The maximum absolute atomic E-state index is 12.2. The third kappa shape index (κ3) is 3.63. The van der Waals surface area contributed by atoms with E-state index in [0.717, 1.165) is 41.7 Å². The molecule has 34 heavy (non-hydrogen) atoms. The van der Waals surface area contributed by atoms with Gasteiger partial charge in [0.05, 0.1) is 0 Å². The van der Waals surface area contributed by atoms with Crippen molar-refractivity contribution in [2.24, 2.45) is 0 Å². The third-order valence-corrected chi connectivity index (χ3v) is 6.53. The monoisotopic (exact) mass is 458 g/mol. The van der Waals surface area contributed by atoms with Gasteiger partial charge in [0.2, 0.25) is 5.89 Å². The number of carbonyl (C=O) groups excluding carboxylic acids is 2. The number of nitrogens with zero attached hydrogens (tertiary/aromatic N) is 4. The van der Waals surface area contributed by atoms with Crippen LogP contribution in [0.3, 0.4) is 0 Å². The predicted molar refractivity (Wildman–Crippen MR) is 121 cm³/mol. The summed E-state index contributed by atoms with van der Waals surface area (Å²) in [5.41, 5.74) is 3.02. The Morgan fingerprint density at radius 2 is 1.41 bits per heavy atom. The number of hydrogen-bond acceptors (Lipinski definition) is 9. The summed E-state index contributed by atoms with van der Waals surface area (Å²) in [5, 5.41) is 8.55. The molecule has 0 unspecified atom stereocenters. The van der Waals surface area contributed by atoms with Crippen LogP contribution in [0.25, 0.3) is 22.6 Å². The molecule has 2 aromatic carbocycles. The zero-order valence-corrected chi connectivity index (χ0v) is 18.3. The number of benzene rings is 2. The Labute approximate surface area is 195 Å². The van der Waals surface area contributed by atoms with Gasteiger partial charge >= 0.3 is 23.9 Å². The van der Waals surface area contributed by atoms with Gasteiger partial charge in [0, 0.05) is 36.8 Å². The summed E-state index contributed by atoms with van der Waals surface area (Å²) in [7, 11) is 0. The largest absolute Gasteiger partial charge is 0.403 e. The number of rotatable bonds is 3. The number of aromatic nitrogens is 2. The molecular formula is C25H22N4O5. The van der Waals surface area contributed by atoms with Gasteiger partial charge in [0.25, 0.3) is 0 Å². The second-order valence-corrected chi connectivity index (χ2v) is 8.57. The molecule has 4 aliphatic heterocycles. The summed E-state index contributed by atoms with van der Waals surface area (Å²) in [6, 6.07) is 18.4. The SMILES string of the molecule is O=C1C=CC(=O)OC2(CN(c3nnc(-c4ccc(-c5ccccc5)cc4)o3)C3CCN2CC3)O1. The second kappa shape index (κ2) is 8.11. The Morgan fingerprint density at radius 3 is 2.09 bits per heavy atom. The molecule has 0 saturated carbocycles. The first-order valence-corrected chi connectivity index (χ1v) is 11.2. The van der Waals surface area contributed by atoms with Crippen molar-refractivity contribution in [2.75, 3.05) is 24.5 Å². The number of carbonyl (C=O) groups is 2. The number of esters is 2. The van der Waals surface area contributed by atoms with Crippen molar-refractivity contribution in [2.45, 2.75) is 24.8 Å². The summed E-state index contributed by atoms with van der Waals surface area (Å²) in [4.78, 5) is 28.2. The lowest BCUT2D eigenvalue weighted by Gasteiger charge is -2.39. The van der Waals surface area contributed by atoms with Gasteiger partial charge in [-0.3, -0.25) is 0 Å². The number of piperidine rings is 1. The second-order valence-electron chi connectivity index (χ2n) is 8.57. The first kappa shape index (κ1) is 20.6. The van der Waals surface area contributed by atoms with Crippen LogP contribution in [0.2, 0.25) is 0 Å². The Balaban J connectivity index is 1.29. The lowest BCUT2D eigenvalue weighted by Crippen LogP contribution is -2.58. The smallest absolute Gasteiger partial charge is 0.339 e. The van der Waals surface area contributed by atoms with Crippen LogP contribution >= 0.6 is 0 Å². The molecule has 0 aliphatic carbocycles. The summed E-state index contributed by atoms with van der Waals surface area (Å²) in [6.45, 7) is 1.32. The fourth-order valence-electron chi connectivity index (χ4n) is 4.80.